The van der Waals surface area contributed by atoms with Gasteiger partial charge in [0.05, 0.1) is 24.8 Å². The smallest absolute Gasteiger partial charge is 0.250 e. The van der Waals surface area contributed by atoms with Gasteiger partial charge in [-0.25, -0.2) is 0 Å². The molecule has 0 aromatic heterocycles. The number of nitrogens with one attached hydrogen (secondary N) is 2. The molecular weight excluding hydrogens is 376 g/mol. The average Bonchev–Trinajstić information content (AvgIpc) is 2.64. The second-order valence-electron chi connectivity index (χ2n) is 7.64. The molecule has 12 heteroatoms. The third-order valence-electron chi connectivity index (χ3n) is 5.33. The third kappa shape index (κ3) is 4.79. The van der Waals surface area contributed by atoms with Gasteiger partial charge in [-0.1, -0.05) is 0 Å². The van der Waals surface area contributed by atoms with Crippen LogP contribution in [0.5, 0.6) is 0 Å². The fourth-order valence-corrected chi connectivity index (χ4v) is 3.68. The molecule has 12 nitrogen and oxygen atoms in total. The summed E-state index contributed by atoms with van der Waals surface area (Å²) in [4.78, 5) is 12.0. The summed E-state index contributed by atoms with van der Waals surface area (Å²) in [6, 6.07) is -2.52. The molecule has 28 heavy (non-hydrogen) atoms. The number of rotatable bonds is 6. The van der Waals surface area contributed by atoms with Crippen LogP contribution >= 0.6 is 0 Å². The van der Waals surface area contributed by atoms with Crippen LogP contribution in [0, 0.1) is 0 Å². The minimum absolute atomic E-state index is 0.0436. The summed E-state index contributed by atoms with van der Waals surface area (Å²) in [7, 11) is 1.56. The van der Waals surface area contributed by atoms with Gasteiger partial charge in [-0.2, -0.15) is 0 Å². The van der Waals surface area contributed by atoms with Gasteiger partial charge in [-0.15, -0.1) is 0 Å². The molecule has 1 heterocycles. The highest BCUT2D eigenvalue weighted by Gasteiger charge is 2.50. The molecule has 2 rings (SSSR count). The van der Waals surface area contributed by atoms with Crippen molar-refractivity contribution in [2.45, 2.75) is 73.9 Å². The topological polar surface area (TPSA) is 213 Å². The van der Waals surface area contributed by atoms with Crippen LogP contribution in [0.3, 0.4) is 0 Å². The van der Waals surface area contributed by atoms with Crippen LogP contribution in [0.4, 0.5) is 0 Å². The molecule has 1 saturated heterocycles. The molecule has 2 aliphatic rings. The number of likely N-dealkylation sites (N-methyl/N-ethyl adjacent to an activating group) is 1. The lowest BCUT2D eigenvalue weighted by atomic mass is 9.83. The zero-order valence-electron chi connectivity index (χ0n) is 15.9. The van der Waals surface area contributed by atoms with Crippen LogP contribution in [0.1, 0.15) is 13.3 Å². The summed E-state index contributed by atoms with van der Waals surface area (Å²) in [6.07, 6.45) is -7.98. The molecule has 0 radical (unpaired) electrons. The fourth-order valence-electron chi connectivity index (χ4n) is 3.68. The van der Waals surface area contributed by atoms with Gasteiger partial charge in [0, 0.05) is 12.6 Å². The molecule has 0 bridgehead atoms. The fraction of sp³-hybridized carbons (Fsp3) is 0.938. The summed E-state index contributed by atoms with van der Waals surface area (Å²) in [5.74, 6) is -0.780. The Morgan fingerprint density at radius 3 is 2.54 bits per heavy atom. The highest BCUT2D eigenvalue weighted by atomic mass is 16.7. The number of carbonyl (C=O) groups excluding carboxylic acids is 1. The van der Waals surface area contributed by atoms with Crippen molar-refractivity contribution in [3.8, 4) is 0 Å². The zero-order valence-corrected chi connectivity index (χ0v) is 15.9. The summed E-state index contributed by atoms with van der Waals surface area (Å²) >= 11 is 0. The molecule has 1 aliphatic heterocycles. The van der Waals surface area contributed by atoms with E-state index in [9.17, 15) is 30.3 Å². The minimum atomic E-state index is -1.49. The van der Waals surface area contributed by atoms with E-state index >= 15 is 0 Å². The van der Waals surface area contributed by atoms with Gasteiger partial charge in [-0.05, 0) is 20.4 Å². The van der Waals surface area contributed by atoms with Crippen molar-refractivity contribution in [2.75, 3.05) is 20.2 Å². The van der Waals surface area contributed by atoms with Crippen molar-refractivity contribution in [3.63, 3.8) is 0 Å². The maximum absolute atomic E-state index is 12.0. The Morgan fingerprint density at radius 2 is 1.96 bits per heavy atom. The largest absolute Gasteiger partial charge is 0.389 e. The van der Waals surface area contributed by atoms with Crippen LogP contribution in [-0.4, -0.2) is 112 Å². The highest BCUT2D eigenvalue weighted by Crippen LogP contribution is 2.29. The molecule has 0 spiro atoms. The molecule has 1 amide bonds. The van der Waals surface area contributed by atoms with Gasteiger partial charge in [0.2, 0.25) is 5.91 Å². The minimum Gasteiger partial charge on any atom is -0.389 e. The van der Waals surface area contributed by atoms with Crippen molar-refractivity contribution in [2.24, 2.45) is 11.5 Å². The Bertz CT molecular complexity index is 539. The Morgan fingerprint density at radius 1 is 1.32 bits per heavy atom. The molecule has 0 unspecified atom stereocenters. The van der Waals surface area contributed by atoms with Crippen molar-refractivity contribution in [1.82, 2.24) is 10.6 Å². The summed E-state index contributed by atoms with van der Waals surface area (Å²) in [5.41, 5.74) is 9.73. The van der Waals surface area contributed by atoms with E-state index in [1.165, 1.54) is 6.92 Å². The Labute approximate surface area is 162 Å². The third-order valence-corrected chi connectivity index (χ3v) is 5.33. The predicted molar refractivity (Wildman–Crippen MR) is 95.7 cm³/mol. The van der Waals surface area contributed by atoms with E-state index in [1.54, 1.807) is 7.05 Å². The second-order valence-corrected chi connectivity index (χ2v) is 7.64. The number of ether oxygens (including phenoxy) is 2. The number of hydrogen-bond acceptors (Lipinski definition) is 11. The molecule has 164 valence electrons. The maximum Gasteiger partial charge on any atom is 0.250 e. The monoisotopic (exact) mass is 408 g/mol. The van der Waals surface area contributed by atoms with E-state index in [0.29, 0.717) is 0 Å². The number of hydrogen-bond donors (Lipinski definition) is 9. The molecular formula is C16H32N4O8. The van der Waals surface area contributed by atoms with Gasteiger partial charge in [0.25, 0.3) is 0 Å². The first-order chi connectivity index (χ1) is 13.0. The molecule has 0 aromatic carbocycles. The van der Waals surface area contributed by atoms with Crippen molar-refractivity contribution in [3.05, 3.63) is 0 Å². The SMILES string of the molecule is CN[C@@H]1[C@@H](O)[C@@H](O[C@@H]2[C@@H](O)[C@H](O)[C@@H](N)C[C@H]2NC(=O)[C@@H](O)CN)OC[C@]1(C)O. The quantitative estimate of drug-likeness (QED) is 0.202. The average molecular weight is 408 g/mol. The van der Waals surface area contributed by atoms with Gasteiger partial charge in [-0.3, -0.25) is 4.79 Å². The first-order valence-electron chi connectivity index (χ1n) is 9.18. The van der Waals surface area contributed by atoms with Crippen molar-refractivity contribution >= 4 is 5.91 Å². The van der Waals surface area contributed by atoms with Crippen molar-refractivity contribution < 1.29 is 39.8 Å². The number of amides is 1. The Hall–Kier alpha value is -0.930. The number of carbonyl (C=O) groups is 1. The van der Waals surface area contributed by atoms with Crippen molar-refractivity contribution in [1.29, 1.82) is 0 Å². The predicted octanol–water partition coefficient (Wildman–Crippen LogP) is -5.31. The summed E-state index contributed by atoms with van der Waals surface area (Å²) < 4.78 is 11.1. The van der Waals surface area contributed by atoms with Crippen LogP contribution in [0.25, 0.3) is 0 Å². The molecule has 11 N–H and O–H groups in total. The van der Waals surface area contributed by atoms with Gasteiger partial charge in [0.15, 0.2) is 6.29 Å². The normalized spacial score (nSPS) is 45.5. The second kappa shape index (κ2) is 9.26. The summed E-state index contributed by atoms with van der Waals surface area (Å²) in [5, 5.41) is 56.2. The van der Waals surface area contributed by atoms with Gasteiger partial charge < -0.3 is 57.1 Å². The number of aliphatic hydroxyl groups excluding tert-OH is 4. The standard InChI is InChI=1S/C16H32N4O8/c1-16(26)5-27-15(11(24)13(16)19-2)28-12-7(20-14(25)8(21)4-17)3-6(18)9(22)10(12)23/h6-13,15,19,21-24,26H,3-5,17-18H2,1-2H3,(H,20,25)/t6-,7+,8-,9+,10-,11+,12-,13+,15+,16-/m0/s1. The van der Waals surface area contributed by atoms with Crippen LogP contribution in [-0.2, 0) is 14.3 Å². The molecule has 1 saturated carbocycles. The first kappa shape index (κ1) is 23.3. The van der Waals surface area contributed by atoms with E-state index in [-0.39, 0.29) is 19.6 Å². The van der Waals surface area contributed by atoms with E-state index < -0.39 is 66.4 Å². The lowest BCUT2D eigenvalue weighted by molar-refractivity contribution is -0.297. The Balaban J connectivity index is 2.17. The molecule has 10 atom stereocenters. The van der Waals surface area contributed by atoms with E-state index in [0.717, 1.165) is 0 Å². The summed E-state index contributed by atoms with van der Waals surface area (Å²) in [6.45, 7) is 1.03. The highest BCUT2D eigenvalue weighted by molar-refractivity contribution is 5.81. The number of nitrogens with two attached hydrogens (primary N) is 2. The molecule has 0 aromatic rings. The molecule has 1 aliphatic carbocycles. The first-order valence-corrected chi connectivity index (χ1v) is 9.18. The van der Waals surface area contributed by atoms with Gasteiger partial charge in [0.1, 0.15) is 30.0 Å². The van der Waals surface area contributed by atoms with Gasteiger partial charge >= 0.3 is 0 Å². The van der Waals surface area contributed by atoms with E-state index in [4.69, 9.17) is 20.9 Å². The zero-order chi connectivity index (χ0) is 21.2. The maximum atomic E-state index is 12.0. The van der Waals surface area contributed by atoms with Crippen LogP contribution in [0.15, 0.2) is 0 Å². The van der Waals surface area contributed by atoms with E-state index in [2.05, 4.69) is 10.6 Å². The lowest BCUT2D eigenvalue weighted by Crippen LogP contribution is -2.69. The van der Waals surface area contributed by atoms with Crippen LogP contribution < -0.4 is 22.1 Å². The number of aliphatic hydroxyl groups is 5. The lowest BCUT2D eigenvalue weighted by Gasteiger charge is -2.47. The van der Waals surface area contributed by atoms with E-state index in [1.807, 2.05) is 0 Å². The Kier molecular flexibility index (Phi) is 7.72. The molecule has 2 fully saturated rings. The van der Waals surface area contributed by atoms with Crippen LogP contribution in [0.2, 0.25) is 0 Å².